The number of hydroxylamine groups is 2. The van der Waals surface area contributed by atoms with Gasteiger partial charge in [-0.2, -0.15) is 0 Å². The van der Waals surface area contributed by atoms with Crippen molar-refractivity contribution in [2.75, 3.05) is 6.54 Å². The van der Waals surface area contributed by atoms with Gasteiger partial charge >= 0.3 is 0 Å². The van der Waals surface area contributed by atoms with Crippen molar-refractivity contribution in [1.29, 1.82) is 0 Å². The Balaban J connectivity index is 2.56. The number of carbonyl (C=O) groups is 1. The predicted octanol–water partition coefficient (Wildman–Crippen LogP) is 0.880. The second-order valence-corrected chi connectivity index (χ2v) is 3.84. The molecular weight excluding hydrogens is 130 g/mol. The summed E-state index contributed by atoms with van der Waals surface area (Å²) in [6, 6.07) is 0. The van der Waals surface area contributed by atoms with Gasteiger partial charge in [0.1, 0.15) is 0 Å². The smallest absolute Gasteiger partial charge is 0.251 e. The molecule has 0 saturated carbocycles. The molecule has 0 aliphatic carbocycles. The molecule has 1 unspecified atom stereocenters. The van der Waals surface area contributed by atoms with Gasteiger partial charge in [-0.3, -0.25) is 10.0 Å². The third kappa shape index (κ3) is 1.01. The summed E-state index contributed by atoms with van der Waals surface area (Å²) >= 11 is 0. The Morgan fingerprint density at radius 2 is 2.10 bits per heavy atom. The average molecular weight is 143 g/mol. The summed E-state index contributed by atoms with van der Waals surface area (Å²) in [7, 11) is 0. The molecule has 3 heteroatoms. The number of β-lactam (4-membered cyclic amide) rings is 1. The van der Waals surface area contributed by atoms with Crippen molar-refractivity contribution in [2.45, 2.75) is 20.8 Å². The molecule has 1 saturated heterocycles. The lowest BCUT2D eigenvalue weighted by Crippen LogP contribution is -2.55. The van der Waals surface area contributed by atoms with Crippen molar-refractivity contribution >= 4 is 5.91 Å². The first-order valence-electron chi connectivity index (χ1n) is 3.43. The van der Waals surface area contributed by atoms with Crippen LogP contribution in [0.2, 0.25) is 0 Å². The van der Waals surface area contributed by atoms with Crippen LogP contribution in [0.5, 0.6) is 0 Å². The van der Waals surface area contributed by atoms with Crippen LogP contribution < -0.4 is 0 Å². The van der Waals surface area contributed by atoms with Gasteiger partial charge in [0, 0.05) is 0 Å². The molecule has 0 bridgehead atoms. The molecule has 0 spiro atoms. The van der Waals surface area contributed by atoms with E-state index < -0.39 is 0 Å². The van der Waals surface area contributed by atoms with Crippen LogP contribution in [0.25, 0.3) is 0 Å². The monoisotopic (exact) mass is 143 g/mol. The van der Waals surface area contributed by atoms with Crippen LogP contribution >= 0.6 is 0 Å². The summed E-state index contributed by atoms with van der Waals surface area (Å²) in [5, 5.41) is 9.51. The van der Waals surface area contributed by atoms with Crippen molar-refractivity contribution in [3.8, 4) is 0 Å². The lowest BCUT2D eigenvalue weighted by atomic mass is 9.76. The summed E-state index contributed by atoms with van der Waals surface area (Å²) in [4.78, 5) is 10.9. The van der Waals surface area contributed by atoms with Crippen LogP contribution in [-0.2, 0) is 4.79 Å². The molecule has 1 heterocycles. The van der Waals surface area contributed by atoms with Gasteiger partial charge in [0.25, 0.3) is 5.91 Å². The molecule has 1 rings (SSSR count). The molecule has 0 radical (unpaired) electrons. The van der Waals surface area contributed by atoms with E-state index >= 15 is 0 Å². The van der Waals surface area contributed by atoms with E-state index in [0.29, 0.717) is 6.54 Å². The summed E-state index contributed by atoms with van der Waals surface area (Å²) < 4.78 is 0. The van der Waals surface area contributed by atoms with E-state index in [-0.39, 0.29) is 17.2 Å². The van der Waals surface area contributed by atoms with E-state index in [1.165, 1.54) is 0 Å². The fraction of sp³-hybridized carbons (Fsp3) is 0.857. The SMILES string of the molecule is CC(C)(C)C1CN(O)C1=O. The molecule has 1 atom stereocenters. The van der Waals surface area contributed by atoms with Crippen LogP contribution in [-0.4, -0.2) is 22.7 Å². The Morgan fingerprint density at radius 3 is 2.20 bits per heavy atom. The van der Waals surface area contributed by atoms with Crippen molar-refractivity contribution in [3.63, 3.8) is 0 Å². The van der Waals surface area contributed by atoms with E-state index in [2.05, 4.69) is 0 Å². The number of hydrogen-bond acceptors (Lipinski definition) is 2. The van der Waals surface area contributed by atoms with Crippen molar-refractivity contribution in [3.05, 3.63) is 0 Å². The molecule has 0 aromatic heterocycles. The molecule has 1 fully saturated rings. The molecule has 0 aromatic carbocycles. The molecule has 58 valence electrons. The summed E-state index contributed by atoms with van der Waals surface area (Å²) in [5.74, 6) is -0.134. The first-order valence-corrected chi connectivity index (χ1v) is 3.43. The van der Waals surface area contributed by atoms with Crippen LogP contribution in [0.3, 0.4) is 0 Å². The normalized spacial score (nSPS) is 26.6. The average Bonchev–Trinajstić information content (AvgIpc) is 1.79. The predicted molar refractivity (Wildman–Crippen MR) is 36.4 cm³/mol. The molecule has 1 N–H and O–H groups in total. The number of nitrogens with zero attached hydrogens (tertiary/aromatic N) is 1. The molecule has 1 amide bonds. The van der Waals surface area contributed by atoms with Gasteiger partial charge in [-0.25, -0.2) is 5.06 Å². The van der Waals surface area contributed by atoms with Gasteiger partial charge < -0.3 is 0 Å². The van der Waals surface area contributed by atoms with Crippen LogP contribution in [0, 0.1) is 11.3 Å². The quantitative estimate of drug-likeness (QED) is 0.404. The fourth-order valence-electron chi connectivity index (χ4n) is 1.05. The zero-order valence-electron chi connectivity index (χ0n) is 6.59. The molecule has 1 aliphatic heterocycles. The Hall–Kier alpha value is -0.570. The first kappa shape index (κ1) is 7.54. The maximum absolute atomic E-state index is 10.9. The lowest BCUT2D eigenvalue weighted by molar-refractivity contribution is -0.205. The largest absolute Gasteiger partial charge is 0.286 e. The fourth-order valence-corrected chi connectivity index (χ4v) is 1.05. The Labute approximate surface area is 60.6 Å². The van der Waals surface area contributed by atoms with Crippen LogP contribution in [0.4, 0.5) is 0 Å². The maximum Gasteiger partial charge on any atom is 0.251 e. The van der Waals surface area contributed by atoms with Gasteiger partial charge in [0.05, 0.1) is 12.5 Å². The van der Waals surface area contributed by atoms with Crippen LogP contribution in [0.1, 0.15) is 20.8 Å². The second-order valence-electron chi connectivity index (χ2n) is 3.84. The van der Waals surface area contributed by atoms with Crippen LogP contribution in [0.15, 0.2) is 0 Å². The molecule has 1 aliphatic rings. The summed E-state index contributed by atoms with van der Waals surface area (Å²) in [6.45, 7) is 6.50. The van der Waals surface area contributed by atoms with Gasteiger partial charge in [-0.15, -0.1) is 0 Å². The Morgan fingerprint density at radius 1 is 1.60 bits per heavy atom. The van der Waals surface area contributed by atoms with E-state index in [9.17, 15) is 4.79 Å². The lowest BCUT2D eigenvalue weighted by Gasteiger charge is -2.41. The third-order valence-corrected chi connectivity index (χ3v) is 1.95. The summed E-state index contributed by atoms with van der Waals surface area (Å²) in [6.07, 6.45) is 0. The highest BCUT2D eigenvalue weighted by atomic mass is 16.5. The van der Waals surface area contributed by atoms with E-state index in [1.807, 2.05) is 20.8 Å². The standard InChI is InChI=1S/C7H13NO2/c1-7(2,3)5-4-8(10)6(5)9/h5,10H,4H2,1-3H3. The van der Waals surface area contributed by atoms with Crippen molar-refractivity contribution in [1.82, 2.24) is 5.06 Å². The number of carbonyl (C=O) groups excluding carboxylic acids is 1. The zero-order valence-corrected chi connectivity index (χ0v) is 6.59. The highest BCUT2D eigenvalue weighted by Crippen LogP contribution is 2.33. The minimum atomic E-state index is -0.146. The van der Waals surface area contributed by atoms with Gasteiger partial charge in [-0.1, -0.05) is 20.8 Å². The number of rotatable bonds is 0. The Kier molecular flexibility index (Phi) is 1.47. The highest BCUT2D eigenvalue weighted by molar-refractivity contribution is 5.83. The van der Waals surface area contributed by atoms with E-state index in [1.54, 1.807) is 0 Å². The van der Waals surface area contributed by atoms with E-state index in [0.717, 1.165) is 5.06 Å². The molecule has 10 heavy (non-hydrogen) atoms. The van der Waals surface area contributed by atoms with E-state index in [4.69, 9.17) is 5.21 Å². The zero-order chi connectivity index (χ0) is 7.94. The van der Waals surface area contributed by atoms with Crippen molar-refractivity contribution in [2.24, 2.45) is 11.3 Å². The molecule has 0 aromatic rings. The minimum Gasteiger partial charge on any atom is -0.286 e. The number of hydrogen-bond donors (Lipinski definition) is 1. The minimum absolute atomic E-state index is 0.00366. The summed E-state index contributed by atoms with van der Waals surface area (Å²) in [5.41, 5.74) is -0.00366. The molecular formula is C7H13NO2. The highest BCUT2D eigenvalue weighted by Gasteiger charge is 2.43. The topological polar surface area (TPSA) is 40.5 Å². The van der Waals surface area contributed by atoms with Gasteiger partial charge in [0.15, 0.2) is 0 Å². The van der Waals surface area contributed by atoms with Gasteiger partial charge in [-0.05, 0) is 5.41 Å². The Bertz CT molecular complexity index is 159. The number of amides is 1. The van der Waals surface area contributed by atoms with Crippen molar-refractivity contribution < 1.29 is 10.0 Å². The third-order valence-electron chi connectivity index (χ3n) is 1.95. The van der Waals surface area contributed by atoms with Gasteiger partial charge in [0.2, 0.25) is 0 Å². The first-order chi connectivity index (χ1) is 4.43. The maximum atomic E-state index is 10.9. The molecule has 3 nitrogen and oxygen atoms in total. The second kappa shape index (κ2) is 1.95.